The molecule has 0 saturated heterocycles. The first-order chi connectivity index (χ1) is 7.99. The number of hydrogen-bond donors (Lipinski definition) is 0. The van der Waals surface area contributed by atoms with Gasteiger partial charge < -0.3 is 4.74 Å². The standard InChI is InChI=1S/C11H8F4O2/c1-2-3-4-17-11(16)8-6(12)5-7(13)9(14)10(8)15/h2-3,5H,4H2,1H3. The second-order valence-electron chi connectivity index (χ2n) is 3.01. The van der Waals surface area contributed by atoms with Gasteiger partial charge in [0, 0.05) is 6.07 Å². The number of rotatable bonds is 3. The Labute approximate surface area is 94.5 Å². The molecule has 0 aliphatic rings. The average Bonchev–Trinajstić information content (AvgIpc) is 2.26. The van der Waals surface area contributed by atoms with E-state index in [1.807, 2.05) is 0 Å². The summed E-state index contributed by atoms with van der Waals surface area (Å²) in [5.41, 5.74) is -1.24. The first kappa shape index (κ1) is 13.2. The lowest BCUT2D eigenvalue weighted by molar-refractivity contribution is 0.0536. The lowest BCUT2D eigenvalue weighted by Gasteiger charge is -2.05. The topological polar surface area (TPSA) is 26.3 Å². The van der Waals surface area contributed by atoms with Gasteiger partial charge in [-0.05, 0) is 6.92 Å². The molecule has 0 saturated carbocycles. The van der Waals surface area contributed by atoms with Crippen molar-refractivity contribution in [1.29, 1.82) is 0 Å². The fourth-order valence-corrected chi connectivity index (χ4v) is 1.05. The highest BCUT2D eigenvalue weighted by Crippen LogP contribution is 2.19. The molecule has 1 aromatic rings. The van der Waals surface area contributed by atoms with E-state index < -0.39 is 34.8 Å². The first-order valence-electron chi connectivity index (χ1n) is 4.60. The second-order valence-corrected chi connectivity index (χ2v) is 3.01. The van der Waals surface area contributed by atoms with Gasteiger partial charge in [-0.2, -0.15) is 0 Å². The van der Waals surface area contributed by atoms with E-state index in [2.05, 4.69) is 4.74 Å². The summed E-state index contributed by atoms with van der Waals surface area (Å²) >= 11 is 0. The Morgan fingerprint density at radius 2 is 1.88 bits per heavy atom. The van der Waals surface area contributed by atoms with Crippen LogP contribution in [0, 0.1) is 23.3 Å². The summed E-state index contributed by atoms with van der Waals surface area (Å²) in [6.45, 7) is 1.43. The number of halogens is 4. The number of carbonyl (C=O) groups excluding carboxylic acids is 1. The third kappa shape index (κ3) is 2.83. The number of esters is 1. The van der Waals surface area contributed by atoms with Gasteiger partial charge >= 0.3 is 5.97 Å². The maximum atomic E-state index is 13.1. The number of benzene rings is 1. The third-order valence-electron chi connectivity index (χ3n) is 1.86. The van der Waals surface area contributed by atoms with E-state index in [9.17, 15) is 22.4 Å². The van der Waals surface area contributed by atoms with E-state index >= 15 is 0 Å². The van der Waals surface area contributed by atoms with Crippen molar-refractivity contribution in [2.24, 2.45) is 0 Å². The zero-order valence-corrected chi connectivity index (χ0v) is 8.77. The molecule has 92 valence electrons. The van der Waals surface area contributed by atoms with Gasteiger partial charge in [0.05, 0.1) is 0 Å². The minimum absolute atomic E-state index is 0.0880. The third-order valence-corrected chi connectivity index (χ3v) is 1.86. The first-order valence-corrected chi connectivity index (χ1v) is 4.60. The van der Waals surface area contributed by atoms with Crippen LogP contribution in [0.15, 0.2) is 18.2 Å². The van der Waals surface area contributed by atoms with Crippen LogP contribution in [-0.2, 0) is 4.74 Å². The SMILES string of the molecule is CC=CCOC(=O)c1c(F)cc(F)c(F)c1F. The molecule has 0 unspecified atom stereocenters. The average molecular weight is 248 g/mol. The van der Waals surface area contributed by atoms with Crippen LogP contribution in [0.4, 0.5) is 17.6 Å². The summed E-state index contributed by atoms with van der Waals surface area (Å²) in [5.74, 6) is -8.41. The van der Waals surface area contributed by atoms with Crippen LogP contribution in [0.5, 0.6) is 0 Å². The van der Waals surface area contributed by atoms with Crippen LogP contribution in [0.25, 0.3) is 0 Å². The Morgan fingerprint density at radius 3 is 2.47 bits per heavy atom. The minimum atomic E-state index is -1.91. The van der Waals surface area contributed by atoms with Crippen LogP contribution >= 0.6 is 0 Å². The molecule has 6 heteroatoms. The van der Waals surface area contributed by atoms with E-state index in [4.69, 9.17) is 0 Å². The molecule has 0 heterocycles. The smallest absolute Gasteiger partial charge is 0.344 e. The van der Waals surface area contributed by atoms with Gasteiger partial charge in [-0.1, -0.05) is 12.2 Å². The van der Waals surface area contributed by atoms with Gasteiger partial charge in [0.25, 0.3) is 0 Å². The summed E-state index contributed by atoms with van der Waals surface area (Å²) in [6, 6.07) is 0.0880. The van der Waals surface area contributed by atoms with Crippen molar-refractivity contribution in [3.05, 3.63) is 47.1 Å². The van der Waals surface area contributed by atoms with Gasteiger partial charge in [0.1, 0.15) is 18.0 Å². The van der Waals surface area contributed by atoms with Gasteiger partial charge in [0.15, 0.2) is 17.5 Å². The van der Waals surface area contributed by atoms with Crippen molar-refractivity contribution < 1.29 is 27.1 Å². The lowest BCUT2D eigenvalue weighted by Crippen LogP contribution is -2.12. The minimum Gasteiger partial charge on any atom is -0.458 e. The van der Waals surface area contributed by atoms with Crippen molar-refractivity contribution in [1.82, 2.24) is 0 Å². The molecule has 0 radical (unpaired) electrons. The summed E-state index contributed by atoms with van der Waals surface area (Å²) in [5, 5.41) is 0. The van der Waals surface area contributed by atoms with Crippen LogP contribution in [0.3, 0.4) is 0 Å². The molecule has 0 aliphatic heterocycles. The summed E-state index contributed by atoms with van der Waals surface area (Å²) < 4.78 is 56.0. The Kier molecular flexibility index (Phi) is 4.25. The monoisotopic (exact) mass is 248 g/mol. The number of allylic oxidation sites excluding steroid dienone is 1. The maximum Gasteiger partial charge on any atom is 0.344 e. The Balaban J connectivity index is 3.05. The van der Waals surface area contributed by atoms with Gasteiger partial charge in [0.2, 0.25) is 0 Å². The molecule has 0 aliphatic carbocycles. The largest absolute Gasteiger partial charge is 0.458 e. The Morgan fingerprint density at radius 1 is 1.24 bits per heavy atom. The number of carbonyl (C=O) groups is 1. The predicted molar refractivity (Wildman–Crippen MR) is 51.4 cm³/mol. The van der Waals surface area contributed by atoms with Crippen molar-refractivity contribution in [3.63, 3.8) is 0 Å². The Hall–Kier alpha value is -1.85. The van der Waals surface area contributed by atoms with E-state index in [0.717, 1.165) is 0 Å². The van der Waals surface area contributed by atoms with Gasteiger partial charge in [-0.3, -0.25) is 0 Å². The predicted octanol–water partition coefficient (Wildman–Crippen LogP) is 2.98. The highest BCUT2D eigenvalue weighted by atomic mass is 19.2. The highest BCUT2D eigenvalue weighted by molar-refractivity contribution is 5.90. The van der Waals surface area contributed by atoms with Gasteiger partial charge in [-0.15, -0.1) is 0 Å². The zero-order chi connectivity index (χ0) is 13.0. The van der Waals surface area contributed by atoms with Crippen molar-refractivity contribution in [3.8, 4) is 0 Å². The molecule has 1 rings (SSSR count). The zero-order valence-electron chi connectivity index (χ0n) is 8.77. The van der Waals surface area contributed by atoms with E-state index in [1.165, 1.54) is 6.08 Å². The van der Waals surface area contributed by atoms with Crippen LogP contribution < -0.4 is 0 Å². The van der Waals surface area contributed by atoms with E-state index in [0.29, 0.717) is 0 Å². The molecule has 1 aromatic carbocycles. The molecule has 0 amide bonds. The van der Waals surface area contributed by atoms with Crippen molar-refractivity contribution >= 4 is 5.97 Å². The summed E-state index contributed by atoms with van der Waals surface area (Å²) in [7, 11) is 0. The fraction of sp³-hybridized carbons (Fsp3) is 0.182. The lowest BCUT2D eigenvalue weighted by atomic mass is 10.2. The molecule has 2 nitrogen and oxygen atoms in total. The van der Waals surface area contributed by atoms with Crippen LogP contribution in [0.2, 0.25) is 0 Å². The second kappa shape index (κ2) is 5.47. The highest BCUT2D eigenvalue weighted by Gasteiger charge is 2.25. The quantitative estimate of drug-likeness (QED) is 0.270. The molecular formula is C11H8F4O2. The van der Waals surface area contributed by atoms with Crippen LogP contribution in [-0.4, -0.2) is 12.6 Å². The normalized spacial score (nSPS) is 10.9. The molecule has 0 fully saturated rings. The number of hydrogen-bond acceptors (Lipinski definition) is 2. The maximum absolute atomic E-state index is 13.1. The molecular weight excluding hydrogens is 240 g/mol. The van der Waals surface area contributed by atoms with E-state index in [-0.39, 0.29) is 12.7 Å². The Bertz CT molecular complexity index is 469. The van der Waals surface area contributed by atoms with Crippen molar-refractivity contribution in [2.75, 3.05) is 6.61 Å². The van der Waals surface area contributed by atoms with E-state index in [1.54, 1.807) is 13.0 Å². The molecule has 0 aromatic heterocycles. The van der Waals surface area contributed by atoms with Crippen molar-refractivity contribution in [2.45, 2.75) is 6.92 Å². The molecule has 0 bridgehead atoms. The number of ether oxygens (including phenoxy) is 1. The molecule has 0 N–H and O–H groups in total. The summed E-state index contributed by atoms with van der Waals surface area (Å²) in [4.78, 5) is 11.2. The molecule has 17 heavy (non-hydrogen) atoms. The summed E-state index contributed by atoms with van der Waals surface area (Å²) in [6.07, 6.45) is 2.96. The molecule has 0 atom stereocenters. The molecule has 0 spiro atoms. The fourth-order valence-electron chi connectivity index (χ4n) is 1.05. The van der Waals surface area contributed by atoms with Crippen LogP contribution in [0.1, 0.15) is 17.3 Å². The van der Waals surface area contributed by atoms with Gasteiger partial charge in [-0.25, -0.2) is 22.4 Å².